The van der Waals surface area contributed by atoms with E-state index in [1.807, 2.05) is 64.1 Å². The van der Waals surface area contributed by atoms with Crippen molar-refractivity contribution in [1.82, 2.24) is 61.2 Å². The van der Waals surface area contributed by atoms with Crippen LogP contribution < -0.4 is 51.7 Å². The number of benzene rings is 4. The summed E-state index contributed by atoms with van der Waals surface area (Å²) >= 11 is 0. The maximum atomic E-state index is 14.9. The monoisotopic (exact) mass is 1200 g/mol. The number of pyridine rings is 2. The first-order chi connectivity index (χ1) is 41.9. The molecular formula is C64H72F2N14O8. The lowest BCUT2D eigenvalue weighted by atomic mass is 9.91. The van der Waals surface area contributed by atoms with E-state index in [9.17, 15) is 37.5 Å². The Hall–Kier alpha value is -9.42. The van der Waals surface area contributed by atoms with Gasteiger partial charge in [-0.05, 0) is 101 Å². The number of fused-ring (bicyclic) bond motifs is 3. The van der Waals surface area contributed by atoms with Gasteiger partial charge in [-0.3, -0.25) is 28.8 Å². The molecule has 8 aromatic rings. The van der Waals surface area contributed by atoms with E-state index in [1.165, 1.54) is 33.6 Å². The minimum Gasteiger partial charge on any atom is -0.487 e. The zero-order valence-electron chi connectivity index (χ0n) is 50.7. The first-order valence-corrected chi connectivity index (χ1v) is 29.1. The van der Waals surface area contributed by atoms with Gasteiger partial charge in [0.2, 0.25) is 11.8 Å². The normalized spacial score (nSPS) is 16.0. The van der Waals surface area contributed by atoms with E-state index in [-0.39, 0.29) is 50.3 Å². The van der Waals surface area contributed by atoms with Gasteiger partial charge in [0.1, 0.15) is 59.8 Å². The van der Waals surface area contributed by atoms with Crippen LogP contribution in [-0.4, -0.2) is 115 Å². The van der Waals surface area contributed by atoms with Crippen molar-refractivity contribution in [3.8, 4) is 11.5 Å². The number of likely N-dealkylation sites (N-methyl/N-ethyl adjacent to an activating group) is 2. The minimum absolute atomic E-state index is 0.0181. The van der Waals surface area contributed by atoms with E-state index >= 15 is 0 Å². The maximum Gasteiger partial charge on any atom is 0.251 e. The number of amides is 4. The molecule has 24 heteroatoms. The van der Waals surface area contributed by atoms with Crippen molar-refractivity contribution in [3.05, 3.63) is 187 Å². The number of nitrogens with one attached hydrogen (secondary N) is 6. The molecule has 10 rings (SSSR count). The lowest BCUT2D eigenvalue weighted by Crippen LogP contribution is -2.55. The molecule has 4 aromatic heterocycles. The topological polar surface area (TPSA) is 268 Å². The smallest absolute Gasteiger partial charge is 0.251 e. The number of carbonyl (C=O) groups excluding carboxylic acids is 4. The Kier molecular flexibility index (Phi) is 17.6. The van der Waals surface area contributed by atoms with Crippen molar-refractivity contribution in [3.63, 3.8) is 0 Å². The van der Waals surface area contributed by atoms with Gasteiger partial charge in [0.15, 0.2) is 0 Å². The van der Waals surface area contributed by atoms with Crippen molar-refractivity contribution in [2.45, 2.75) is 129 Å². The summed E-state index contributed by atoms with van der Waals surface area (Å²) in [6, 6.07) is 21.1. The van der Waals surface area contributed by atoms with Gasteiger partial charge in [0.05, 0.1) is 47.9 Å². The van der Waals surface area contributed by atoms with Gasteiger partial charge in [-0.15, -0.1) is 10.2 Å². The molecule has 0 fully saturated rings. The fraction of sp³-hybridized carbons (Fsp3) is 0.375. The predicted octanol–water partition coefficient (Wildman–Crippen LogP) is 5.97. The van der Waals surface area contributed by atoms with Gasteiger partial charge in [-0.25, -0.2) is 18.1 Å². The summed E-state index contributed by atoms with van der Waals surface area (Å²) in [5.41, 5.74) is 3.31. The van der Waals surface area contributed by atoms with Gasteiger partial charge in [-0.1, -0.05) is 86.7 Å². The molecular weight excluding hydrogens is 1130 g/mol. The van der Waals surface area contributed by atoms with Crippen LogP contribution in [0.5, 0.6) is 11.5 Å². The van der Waals surface area contributed by atoms with Crippen LogP contribution >= 0.6 is 0 Å². The summed E-state index contributed by atoms with van der Waals surface area (Å²) in [4.78, 5) is 93.1. The lowest BCUT2D eigenvalue weighted by molar-refractivity contribution is -0.129. The number of anilines is 2. The molecule has 2 aliphatic heterocycles. The Morgan fingerprint density at radius 3 is 1.32 bits per heavy atom. The number of halogens is 2. The zero-order valence-corrected chi connectivity index (χ0v) is 50.7. The second-order valence-electron chi connectivity index (χ2n) is 24.0. The number of hydrogen-bond acceptors (Lipinski definition) is 14. The second-order valence-corrected chi connectivity index (χ2v) is 24.0. The van der Waals surface area contributed by atoms with E-state index in [2.05, 4.69) is 51.9 Å². The summed E-state index contributed by atoms with van der Waals surface area (Å²) in [6.07, 6.45) is 3.72. The molecule has 0 saturated heterocycles. The molecule has 88 heavy (non-hydrogen) atoms. The number of rotatable bonds is 22. The highest BCUT2D eigenvalue weighted by molar-refractivity contribution is 6.03. The largest absolute Gasteiger partial charge is 0.487 e. The number of carbonyl (C=O) groups is 4. The Bertz CT molecular complexity index is 3790. The summed E-state index contributed by atoms with van der Waals surface area (Å²) in [7, 11) is 3.29. The maximum absolute atomic E-state index is 14.9. The fourth-order valence-corrected chi connectivity index (χ4v) is 11.2. The van der Waals surface area contributed by atoms with Crippen LogP contribution in [0.2, 0.25) is 0 Å². The molecule has 6 heterocycles. The third kappa shape index (κ3) is 12.8. The highest BCUT2D eigenvalue weighted by Gasteiger charge is 2.45. The van der Waals surface area contributed by atoms with Crippen LogP contribution in [0.3, 0.4) is 0 Å². The van der Waals surface area contributed by atoms with E-state index in [4.69, 9.17) is 9.47 Å². The number of H-pyrrole nitrogens is 2. The molecule has 0 aliphatic carbocycles. The van der Waals surface area contributed by atoms with Crippen LogP contribution in [0.25, 0.3) is 10.8 Å². The molecule has 460 valence electrons. The number of ether oxygens (including phenoxy) is 2. The number of nitrogens with zero attached hydrogens (tertiary/aromatic N) is 8. The number of aromatic nitrogens is 8. The number of aromatic amines is 2. The predicted molar refractivity (Wildman–Crippen MR) is 326 cm³/mol. The molecule has 0 saturated carbocycles. The Balaban J connectivity index is 0.831. The van der Waals surface area contributed by atoms with Crippen LogP contribution in [0.4, 0.5) is 20.2 Å². The van der Waals surface area contributed by atoms with Crippen molar-refractivity contribution >= 4 is 45.8 Å². The third-order valence-corrected chi connectivity index (χ3v) is 16.7. The van der Waals surface area contributed by atoms with Gasteiger partial charge in [0, 0.05) is 70.0 Å². The SMILES string of the molecule is CN[C@@H](C)C(=O)N[C@H](C(=O)N1CC(C)(C)c2[nH]c(=O)c(Cc3ccc(F)cc3)cc21)[C@H](C)n1cc(COc2cccc3c(OCc4cn([C@@H](C)[C@H](NC(=O)[C@H](C)NC)C(=O)N5CC(C)(C)c6[nH]c(=O)c(Cc7ccc(F)cc7)cc65)nn4)cccc23)nn1. The van der Waals surface area contributed by atoms with E-state index in [0.717, 1.165) is 21.9 Å². The quantitative estimate of drug-likeness (QED) is 0.0457. The molecule has 2 aliphatic rings. The van der Waals surface area contributed by atoms with Gasteiger partial charge in [0.25, 0.3) is 22.9 Å². The molecule has 0 radical (unpaired) electrons. The molecule has 6 atom stereocenters. The Morgan fingerprint density at radius 2 is 0.955 bits per heavy atom. The Morgan fingerprint density at radius 1 is 0.580 bits per heavy atom. The highest BCUT2D eigenvalue weighted by atomic mass is 19.1. The number of hydrogen-bond donors (Lipinski definition) is 6. The summed E-state index contributed by atoms with van der Waals surface area (Å²) < 4.78 is 43.3. The summed E-state index contributed by atoms with van der Waals surface area (Å²) in [5.74, 6) is -1.44. The fourth-order valence-electron chi connectivity index (χ4n) is 11.2. The van der Waals surface area contributed by atoms with E-state index in [0.29, 0.717) is 56.8 Å². The molecule has 6 N–H and O–H groups in total. The van der Waals surface area contributed by atoms with Gasteiger partial charge in [-0.2, -0.15) is 0 Å². The van der Waals surface area contributed by atoms with Crippen molar-refractivity contribution in [1.29, 1.82) is 0 Å². The van der Waals surface area contributed by atoms with Crippen molar-refractivity contribution in [2.24, 2.45) is 0 Å². The Labute approximate surface area is 506 Å². The first-order valence-electron chi connectivity index (χ1n) is 29.1. The summed E-state index contributed by atoms with van der Waals surface area (Å²) in [6.45, 7) is 15.0. The average molecular weight is 1200 g/mol. The van der Waals surface area contributed by atoms with Gasteiger partial charge >= 0.3 is 0 Å². The molecule has 4 amide bonds. The molecule has 4 aromatic carbocycles. The highest BCUT2D eigenvalue weighted by Crippen LogP contribution is 2.42. The summed E-state index contributed by atoms with van der Waals surface area (Å²) in [5, 5.41) is 30.8. The first kappa shape index (κ1) is 61.7. The van der Waals surface area contributed by atoms with E-state index in [1.54, 1.807) is 100 Å². The van der Waals surface area contributed by atoms with Gasteiger partial charge < -0.3 is 50.5 Å². The van der Waals surface area contributed by atoms with Crippen LogP contribution in [0, 0.1) is 11.6 Å². The van der Waals surface area contributed by atoms with Crippen molar-refractivity contribution < 1.29 is 37.4 Å². The van der Waals surface area contributed by atoms with Crippen molar-refractivity contribution in [2.75, 3.05) is 37.0 Å². The van der Waals surface area contributed by atoms with Crippen LogP contribution in [0.1, 0.15) is 113 Å². The average Bonchev–Trinajstić information content (AvgIpc) is 3.50. The van der Waals surface area contributed by atoms with Crippen LogP contribution in [-0.2, 0) is 56.1 Å². The molecule has 0 spiro atoms. The van der Waals surface area contributed by atoms with Crippen LogP contribution in [0.15, 0.2) is 119 Å². The zero-order chi connectivity index (χ0) is 62.9. The molecule has 0 bridgehead atoms. The van der Waals surface area contributed by atoms with E-state index < -0.39 is 82.3 Å². The minimum atomic E-state index is -1.14. The third-order valence-electron chi connectivity index (χ3n) is 16.7. The second kappa shape index (κ2) is 25.1. The lowest BCUT2D eigenvalue weighted by Gasteiger charge is -2.30. The molecule has 0 unspecified atom stereocenters. The molecule has 22 nitrogen and oxygen atoms in total. The standard InChI is InChI=1S/C64H72F2N14O8/c1-35(67-9)57(81)69-53(61(85)77-33-63(5,6)55-49(77)27-41(59(83)71-55)25-39-17-21-43(65)22-18-39)37(3)79-29-45(73-75-79)31-87-51-15-11-14-48-47(51)13-12-16-52(48)88-32-46-30-80(76-74-46)38(4)54(70-58(82)36(2)68-10)62(86)78-34-64(7,8)56-50(78)28-42(60(84)72-56)26-40-19-23-44(66)24-20-40/h11-24,27-30,35-38,53-54,67-68H,25-26,31-34H2,1-10H3,(H,69,81)(H,70,82)(H,71,83)(H,72,84)/t35-,36-,37-,38-,53-,54-/m0/s1.